The molecule has 0 fully saturated rings. The molecule has 0 heterocycles. The number of ketones is 1. The van der Waals surface area contributed by atoms with E-state index in [0.717, 1.165) is 24.7 Å². The van der Waals surface area contributed by atoms with Crippen molar-refractivity contribution in [1.82, 2.24) is 0 Å². The van der Waals surface area contributed by atoms with Crippen LogP contribution in [-0.2, 0) is 4.79 Å². The molecule has 0 N–H and O–H groups in total. The summed E-state index contributed by atoms with van der Waals surface area (Å²) in [5, 5.41) is 0. The minimum absolute atomic E-state index is 0.0299. The molecule has 0 bridgehead atoms. The van der Waals surface area contributed by atoms with Gasteiger partial charge in [0.2, 0.25) is 0 Å². The SMILES string of the molecule is CC1CCCCCCCCC2=C(CCCCC(C)CCC1)C(C)(C)C(C)(C)C(C)C2=O. The van der Waals surface area contributed by atoms with E-state index in [1.54, 1.807) is 0 Å². The number of hydrogen-bond donors (Lipinski definition) is 0. The predicted molar refractivity (Wildman–Crippen MR) is 136 cm³/mol. The minimum atomic E-state index is 0.0299. The van der Waals surface area contributed by atoms with Crippen LogP contribution in [0.1, 0.15) is 145 Å². The molecule has 2 aliphatic carbocycles. The van der Waals surface area contributed by atoms with E-state index in [-0.39, 0.29) is 16.7 Å². The van der Waals surface area contributed by atoms with Crippen LogP contribution in [0.4, 0.5) is 0 Å². The monoisotopic (exact) mass is 430 g/mol. The highest BCUT2D eigenvalue weighted by molar-refractivity contribution is 5.99. The van der Waals surface area contributed by atoms with Gasteiger partial charge in [-0.2, -0.15) is 0 Å². The van der Waals surface area contributed by atoms with Crippen molar-refractivity contribution >= 4 is 5.78 Å². The van der Waals surface area contributed by atoms with E-state index in [0.29, 0.717) is 5.78 Å². The molecule has 2 rings (SSSR count). The van der Waals surface area contributed by atoms with Gasteiger partial charge in [-0.05, 0) is 53.9 Å². The summed E-state index contributed by atoms with van der Waals surface area (Å²) in [5.41, 5.74) is 2.88. The van der Waals surface area contributed by atoms with E-state index in [9.17, 15) is 4.79 Å². The zero-order valence-corrected chi connectivity index (χ0v) is 22.2. The van der Waals surface area contributed by atoms with Crippen LogP contribution in [0.15, 0.2) is 11.1 Å². The van der Waals surface area contributed by atoms with E-state index < -0.39 is 0 Å². The molecule has 0 radical (unpaired) electrons. The van der Waals surface area contributed by atoms with Gasteiger partial charge >= 0.3 is 0 Å². The van der Waals surface area contributed by atoms with Gasteiger partial charge in [0.05, 0.1) is 0 Å². The van der Waals surface area contributed by atoms with Crippen molar-refractivity contribution < 1.29 is 4.79 Å². The first-order chi connectivity index (χ1) is 14.6. The molecule has 180 valence electrons. The Morgan fingerprint density at radius 3 is 1.68 bits per heavy atom. The quantitative estimate of drug-likeness (QED) is 0.374. The van der Waals surface area contributed by atoms with Crippen LogP contribution in [-0.4, -0.2) is 5.78 Å². The molecule has 1 nitrogen and oxygen atoms in total. The summed E-state index contributed by atoms with van der Waals surface area (Å²) in [6.07, 6.45) is 19.7. The molecule has 3 unspecified atom stereocenters. The third-order valence-corrected chi connectivity index (χ3v) is 9.64. The van der Waals surface area contributed by atoms with Crippen LogP contribution >= 0.6 is 0 Å². The lowest BCUT2D eigenvalue weighted by atomic mass is 9.52. The van der Waals surface area contributed by atoms with Gasteiger partial charge in [-0.1, -0.05) is 125 Å². The maximum absolute atomic E-state index is 13.5. The van der Waals surface area contributed by atoms with Gasteiger partial charge in [0, 0.05) is 5.92 Å². The Balaban J connectivity index is 2.13. The van der Waals surface area contributed by atoms with Crippen LogP contribution in [0.3, 0.4) is 0 Å². The number of carbonyl (C=O) groups is 1. The van der Waals surface area contributed by atoms with Crippen LogP contribution < -0.4 is 0 Å². The molecule has 1 heteroatoms. The van der Waals surface area contributed by atoms with Gasteiger partial charge in [-0.15, -0.1) is 0 Å². The predicted octanol–water partition coefficient (Wildman–Crippen LogP) is 9.69. The third-order valence-electron chi connectivity index (χ3n) is 9.64. The summed E-state index contributed by atoms with van der Waals surface area (Å²) in [6, 6.07) is 0. The lowest BCUT2D eigenvalue weighted by molar-refractivity contribution is -0.126. The van der Waals surface area contributed by atoms with E-state index in [1.165, 1.54) is 94.6 Å². The summed E-state index contributed by atoms with van der Waals surface area (Å²) in [6.45, 7) is 16.6. The second kappa shape index (κ2) is 12.0. The number of Topliss-reactive ketones (excluding diaryl/α,β-unsaturated/α-hetero) is 1. The van der Waals surface area contributed by atoms with Crippen molar-refractivity contribution in [2.75, 3.05) is 0 Å². The van der Waals surface area contributed by atoms with Crippen LogP contribution in [0.25, 0.3) is 0 Å². The highest BCUT2D eigenvalue weighted by Crippen LogP contribution is 2.56. The topological polar surface area (TPSA) is 17.1 Å². The molecular weight excluding hydrogens is 376 g/mol. The van der Waals surface area contributed by atoms with Crippen molar-refractivity contribution in [3.8, 4) is 0 Å². The average Bonchev–Trinajstić information content (AvgIpc) is 2.70. The Kier molecular flexibility index (Phi) is 10.4. The maximum Gasteiger partial charge on any atom is 0.162 e. The molecule has 0 saturated carbocycles. The molecule has 0 aromatic heterocycles. The summed E-state index contributed by atoms with van der Waals surface area (Å²) < 4.78 is 0. The van der Waals surface area contributed by atoms with E-state index in [1.807, 2.05) is 0 Å². The molecule has 3 atom stereocenters. The molecule has 0 saturated heterocycles. The molecule has 0 spiro atoms. The minimum Gasteiger partial charge on any atom is -0.294 e. The zero-order valence-electron chi connectivity index (χ0n) is 22.2. The molecule has 0 aromatic carbocycles. The average molecular weight is 431 g/mol. The number of rotatable bonds is 0. The smallest absolute Gasteiger partial charge is 0.162 e. The standard InChI is InChI=1S/C30H54O/c1-23-17-12-10-8-9-11-13-21-26-27(22-15-14-18-24(2)20-16-19-23)30(6,7)29(4,5)25(3)28(26)31/h23-25H,8-22H2,1-7H3. The maximum atomic E-state index is 13.5. The summed E-state index contributed by atoms with van der Waals surface area (Å²) in [4.78, 5) is 13.5. The van der Waals surface area contributed by atoms with Crippen molar-refractivity contribution in [3.63, 3.8) is 0 Å². The van der Waals surface area contributed by atoms with Gasteiger partial charge in [-0.3, -0.25) is 4.79 Å². The molecule has 2 aliphatic rings. The Bertz CT molecular complexity index is 594. The second-order valence-electron chi connectivity index (χ2n) is 12.4. The number of carbonyl (C=O) groups excluding carboxylic acids is 1. The molecule has 0 aromatic rings. The Morgan fingerprint density at radius 2 is 1.06 bits per heavy atom. The zero-order chi connectivity index (χ0) is 23.1. The molecule has 0 amide bonds. The van der Waals surface area contributed by atoms with Crippen molar-refractivity contribution in [3.05, 3.63) is 11.1 Å². The van der Waals surface area contributed by atoms with Gasteiger partial charge in [0.25, 0.3) is 0 Å². The number of allylic oxidation sites excluding steroid dienone is 2. The van der Waals surface area contributed by atoms with Crippen molar-refractivity contribution in [2.24, 2.45) is 28.6 Å². The Morgan fingerprint density at radius 1 is 0.613 bits per heavy atom. The molecule has 31 heavy (non-hydrogen) atoms. The van der Waals surface area contributed by atoms with E-state index in [2.05, 4.69) is 48.5 Å². The largest absolute Gasteiger partial charge is 0.294 e. The highest BCUT2D eigenvalue weighted by Gasteiger charge is 2.50. The highest BCUT2D eigenvalue weighted by atomic mass is 16.1. The summed E-state index contributed by atoms with van der Waals surface area (Å²) >= 11 is 0. The first-order valence-corrected chi connectivity index (χ1v) is 13.9. The fourth-order valence-corrected chi connectivity index (χ4v) is 6.18. The van der Waals surface area contributed by atoms with Crippen LogP contribution in [0.5, 0.6) is 0 Å². The Labute approximate surface area is 195 Å². The molecule has 0 aliphatic heterocycles. The fraction of sp³-hybridized carbons (Fsp3) is 0.900. The second-order valence-corrected chi connectivity index (χ2v) is 12.4. The number of hydrogen-bond acceptors (Lipinski definition) is 1. The first-order valence-electron chi connectivity index (χ1n) is 13.9. The summed E-state index contributed by atoms with van der Waals surface area (Å²) in [5.74, 6) is 2.35. The van der Waals surface area contributed by atoms with Gasteiger partial charge in [-0.25, -0.2) is 0 Å². The summed E-state index contributed by atoms with van der Waals surface area (Å²) in [7, 11) is 0. The van der Waals surface area contributed by atoms with Crippen molar-refractivity contribution in [1.29, 1.82) is 0 Å². The van der Waals surface area contributed by atoms with Gasteiger partial charge in [0.1, 0.15) is 0 Å². The van der Waals surface area contributed by atoms with Gasteiger partial charge < -0.3 is 0 Å². The van der Waals surface area contributed by atoms with Crippen LogP contribution in [0.2, 0.25) is 0 Å². The van der Waals surface area contributed by atoms with E-state index in [4.69, 9.17) is 0 Å². The normalized spacial score (nSPS) is 32.5. The van der Waals surface area contributed by atoms with Crippen molar-refractivity contribution in [2.45, 2.75) is 145 Å². The molecular formula is C30H54O. The van der Waals surface area contributed by atoms with E-state index >= 15 is 0 Å². The fourth-order valence-electron chi connectivity index (χ4n) is 6.18. The lowest BCUT2D eigenvalue weighted by Crippen LogP contribution is -2.47. The first kappa shape index (κ1) is 26.7. The third kappa shape index (κ3) is 6.94. The lowest BCUT2D eigenvalue weighted by Gasteiger charge is -2.51. The van der Waals surface area contributed by atoms with Gasteiger partial charge in [0.15, 0.2) is 5.78 Å². The Hall–Kier alpha value is -0.590. The van der Waals surface area contributed by atoms with Crippen LogP contribution in [0, 0.1) is 28.6 Å².